The summed E-state index contributed by atoms with van der Waals surface area (Å²) >= 11 is 0. The van der Waals surface area contributed by atoms with Gasteiger partial charge in [-0.15, -0.1) is 0 Å². The number of hydrogen-bond acceptors (Lipinski definition) is 7. The van der Waals surface area contributed by atoms with Gasteiger partial charge in [0.25, 0.3) is 0 Å². The van der Waals surface area contributed by atoms with E-state index >= 15 is 0 Å². The van der Waals surface area contributed by atoms with Gasteiger partial charge in [0.05, 0.1) is 12.5 Å². The Morgan fingerprint density at radius 3 is 2.55 bits per heavy atom. The lowest BCUT2D eigenvalue weighted by Gasteiger charge is -2.30. The number of carboxylic acids is 1. The summed E-state index contributed by atoms with van der Waals surface area (Å²) in [7, 11) is 4.13. The number of carbonyl (C=O) groups is 2. The second kappa shape index (κ2) is 14.5. The highest BCUT2D eigenvalue weighted by atomic mass is 16.7. The van der Waals surface area contributed by atoms with Crippen molar-refractivity contribution in [2.45, 2.75) is 57.4 Å². The molecule has 9 nitrogen and oxygen atoms in total. The maximum Gasteiger partial charge on any atom is 0.308 e. The maximum absolute atomic E-state index is 13.7. The van der Waals surface area contributed by atoms with Gasteiger partial charge in [0.15, 0.2) is 11.5 Å². The zero-order valence-electron chi connectivity index (χ0n) is 24.1. The van der Waals surface area contributed by atoms with E-state index in [0.717, 1.165) is 56.6 Å². The number of amides is 1. The van der Waals surface area contributed by atoms with Crippen LogP contribution in [0.5, 0.6) is 11.5 Å². The summed E-state index contributed by atoms with van der Waals surface area (Å²) in [6.07, 6.45) is 6.99. The molecule has 1 fully saturated rings. The van der Waals surface area contributed by atoms with Gasteiger partial charge in [-0.2, -0.15) is 0 Å². The quantitative estimate of drug-likeness (QED) is 0.333. The van der Waals surface area contributed by atoms with Gasteiger partial charge in [0, 0.05) is 43.5 Å². The molecule has 0 bridgehead atoms. The van der Waals surface area contributed by atoms with Crippen molar-refractivity contribution in [3.8, 4) is 11.5 Å². The number of benzene rings is 1. The van der Waals surface area contributed by atoms with Crippen molar-refractivity contribution in [1.82, 2.24) is 19.7 Å². The van der Waals surface area contributed by atoms with Crippen molar-refractivity contribution in [1.29, 1.82) is 0 Å². The summed E-state index contributed by atoms with van der Waals surface area (Å²) in [5.74, 6) is -0.358. The molecule has 3 heterocycles. The number of aliphatic carboxylic acids is 1. The largest absolute Gasteiger partial charge is 0.481 e. The Labute approximate surface area is 238 Å². The number of rotatable bonds is 15. The molecule has 1 saturated heterocycles. The molecule has 0 aliphatic carbocycles. The first-order valence-corrected chi connectivity index (χ1v) is 14.6. The highest BCUT2D eigenvalue weighted by Crippen LogP contribution is 2.43. The Morgan fingerprint density at radius 1 is 1.05 bits per heavy atom. The van der Waals surface area contributed by atoms with Gasteiger partial charge < -0.3 is 24.4 Å². The molecule has 1 N–H and O–H groups in total. The van der Waals surface area contributed by atoms with E-state index in [1.807, 2.05) is 41.3 Å². The minimum absolute atomic E-state index is 0.0802. The fraction of sp³-hybridized carbons (Fsp3) is 0.581. The molecule has 0 radical (unpaired) electrons. The normalized spacial score (nSPS) is 20.2. The molecule has 1 aromatic heterocycles. The van der Waals surface area contributed by atoms with Gasteiger partial charge in [-0.25, -0.2) is 0 Å². The van der Waals surface area contributed by atoms with Crippen LogP contribution in [0.3, 0.4) is 0 Å². The standard InChI is InChI=1S/C31H44N4O5/c1-4-5-17-34(18-9-8-16-33(2)3)29(36)21-35-20-25(23-11-14-27-28(19-23)40-22-39-27)30(31(37)38)26(35)13-12-24-10-6-7-15-32-24/h6-7,10-11,14-15,19,25-26,30H,4-5,8-9,12-13,16-18,20-22H2,1-3H3,(H,37,38)/t25-,26+,30-/m1/s1. The number of aromatic nitrogens is 1. The first-order chi connectivity index (χ1) is 19.4. The lowest BCUT2D eigenvalue weighted by molar-refractivity contribution is -0.143. The lowest BCUT2D eigenvalue weighted by atomic mass is 9.83. The van der Waals surface area contributed by atoms with Crippen LogP contribution >= 0.6 is 0 Å². The SMILES string of the molecule is CCCCN(CCCCN(C)C)C(=O)CN1C[C@H](c2ccc3c(c2)OCO3)[C@@H](C(=O)O)[C@@H]1CCc1ccccn1. The molecule has 9 heteroatoms. The van der Waals surface area contributed by atoms with Gasteiger partial charge in [0.2, 0.25) is 12.7 Å². The minimum atomic E-state index is -0.838. The number of carboxylic acid groups (broad SMARTS) is 1. The van der Waals surface area contributed by atoms with Crippen molar-refractivity contribution in [3.05, 3.63) is 53.9 Å². The number of pyridine rings is 1. The Balaban J connectivity index is 1.54. The first-order valence-electron chi connectivity index (χ1n) is 14.6. The number of hydrogen-bond donors (Lipinski definition) is 1. The molecule has 2 aliphatic heterocycles. The number of ether oxygens (including phenoxy) is 2. The highest BCUT2D eigenvalue weighted by Gasteiger charge is 2.47. The molecule has 3 atom stereocenters. The van der Waals surface area contributed by atoms with Gasteiger partial charge in [-0.05, 0) is 82.6 Å². The second-order valence-electron chi connectivity index (χ2n) is 11.2. The summed E-state index contributed by atoms with van der Waals surface area (Å²) in [6, 6.07) is 11.2. The summed E-state index contributed by atoms with van der Waals surface area (Å²) in [5, 5.41) is 10.5. The molecule has 218 valence electrons. The van der Waals surface area contributed by atoms with E-state index in [1.54, 1.807) is 6.20 Å². The second-order valence-corrected chi connectivity index (χ2v) is 11.2. The van der Waals surface area contributed by atoms with E-state index in [2.05, 4.69) is 35.8 Å². The predicted octanol–water partition coefficient (Wildman–Crippen LogP) is 3.88. The molecular formula is C31H44N4O5. The highest BCUT2D eigenvalue weighted by molar-refractivity contribution is 5.79. The van der Waals surface area contributed by atoms with Crippen LogP contribution in [0.2, 0.25) is 0 Å². The Morgan fingerprint density at radius 2 is 1.82 bits per heavy atom. The summed E-state index contributed by atoms with van der Waals surface area (Å²) in [4.78, 5) is 37.2. The third-order valence-corrected chi connectivity index (χ3v) is 8.04. The van der Waals surface area contributed by atoms with E-state index in [1.165, 1.54) is 0 Å². The fourth-order valence-corrected chi connectivity index (χ4v) is 5.89. The van der Waals surface area contributed by atoms with E-state index in [9.17, 15) is 14.7 Å². The maximum atomic E-state index is 13.7. The molecule has 0 spiro atoms. The van der Waals surface area contributed by atoms with Crippen molar-refractivity contribution in [2.24, 2.45) is 5.92 Å². The van der Waals surface area contributed by atoms with E-state index in [-0.39, 0.29) is 31.2 Å². The number of carbonyl (C=O) groups excluding carboxylic acids is 1. The molecule has 4 rings (SSSR count). The predicted molar refractivity (Wildman–Crippen MR) is 154 cm³/mol. The molecule has 2 aromatic rings. The number of likely N-dealkylation sites (tertiary alicyclic amines) is 1. The number of unbranched alkanes of at least 4 members (excludes halogenated alkanes) is 2. The van der Waals surface area contributed by atoms with Crippen molar-refractivity contribution in [2.75, 3.05) is 53.6 Å². The van der Waals surface area contributed by atoms with Crippen molar-refractivity contribution in [3.63, 3.8) is 0 Å². The third kappa shape index (κ3) is 7.73. The average Bonchev–Trinajstić information content (AvgIpc) is 3.56. The molecule has 2 aliphatic rings. The van der Waals surface area contributed by atoms with Crippen molar-refractivity contribution >= 4 is 11.9 Å². The molecule has 0 saturated carbocycles. The van der Waals surface area contributed by atoms with Crippen LogP contribution in [0, 0.1) is 5.92 Å². The van der Waals surface area contributed by atoms with Crippen LogP contribution in [0.15, 0.2) is 42.6 Å². The summed E-state index contributed by atoms with van der Waals surface area (Å²) in [5.41, 5.74) is 1.83. The minimum Gasteiger partial charge on any atom is -0.481 e. The van der Waals surface area contributed by atoms with E-state index < -0.39 is 11.9 Å². The molecular weight excluding hydrogens is 508 g/mol. The first kappa shape index (κ1) is 29.8. The van der Waals surface area contributed by atoms with Crippen LogP contribution < -0.4 is 9.47 Å². The number of fused-ring (bicyclic) bond motifs is 1. The summed E-state index contributed by atoms with van der Waals surface area (Å²) < 4.78 is 11.1. The van der Waals surface area contributed by atoms with Crippen LogP contribution in [-0.2, 0) is 16.0 Å². The van der Waals surface area contributed by atoms with E-state index in [0.29, 0.717) is 30.9 Å². The van der Waals surface area contributed by atoms with Crippen molar-refractivity contribution < 1.29 is 24.2 Å². The fourth-order valence-electron chi connectivity index (χ4n) is 5.89. The smallest absolute Gasteiger partial charge is 0.308 e. The lowest BCUT2D eigenvalue weighted by Crippen LogP contribution is -2.45. The average molecular weight is 553 g/mol. The monoisotopic (exact) mass is 552 g/mol. The Kier molecular flexibility index (Phi) is 10.8. The van der Waals surface area contributed by atoms with Gasteiger partial charge in [-0.3, -0.25) is 19.5 Å². The molecule has 1 amide bonds. The van der Waals surface area contributed by atoms with Crippen LogP contribution in [0.1, 0.15) is 56.2 Å². The number of nitrogens with zero attached hydrogens (tertiary/aromatic N) is 4. The molecule has 1 aromatic carbocycles. The van der Waals surface area contributed by atoms with Gasteiger partial charge >= 0.3 is 5.97 Å². The summed E-state index contributed by atoms with van der Waals surface area (Å²) in [6.45, 7) is 5.48. The van der Waals surface area contributed by atoms with Crippen LogP contribution in [0.25, 0.3) is 0 Å². The number of aryl methyl sites for hydroxylation is 1. The van der Waals surface area contributed by atoms with Crippen LogP contribution in [0.4, 0.5) is 0 Å². The van der Waals surface area contributed by atoms with Crippen LogP contribution in [-0.4, -0.2) is 96.3 Å². The van der Waals surface area contributed by atoms with Gasteiger partial charge in [-0.1, -0.05) is 25.5 Å². The van der Waals surface area contributed by atoms with E-state index in [4.69, 9.17) is 9.47 Å². The molecule has 0 unspecified atom stereocenters. The topological polar surface area (TPSA) is 95.4 Å². The Bertz CT molecular complexity index is 1110. The van der Waals surface area contributed by atoms with Gasteiger partial charge in [0.1, 0.15) is 0 Å². The molecule has 40 heavy (non-hydrogen) atoms. The zero-order valence-corrected chi connectivity index (χ0v) is 24.1. The Hall–Kier alpha value is -3.17. The zero-order chi connectivity index (χ0) is 28.5. The third-order valence-electron chi connectivity index (χ3n) is 8.04.